The summed E-state index contributed by atoms with van der Waals surface area (Å²) in [6.45, 7) is 5.10. The second-order valence-corrected chi connectivity index (χ2v) is 1.21. The second-order valence-electron chi connectivity index (χ2n) is 1.21. The molecule has 0 aromatic heterocycles. The van der Waals surface area contributed by atoms with E-state index in [-0.39, 0.29) is 0 Å². The van der Waals surface area contributed by atoms with Gasteiger partial charge in [0.1, 0.15) is 5.76 Å². The van der Waals surface area contributed by atoms with Gasteiger partial charge in [0, 0.05) is 0 Å². The van der Waals surface area contributed by atoms with E-state index in [0.29, 0.717) is 5.76 Å². The molecule has 0 rings (SSSR count). The summed E-state index contributed by atoms with van der Waals surface area (Å²) in [5, 5.41) is 7.92. The van der Waals surface area contributed by atoms with Gasteiger partial charge in [-0.1, -0.05) is 12.7 Å². The van der Waals surface area contributed by atoms with Crippen LogP contribution in [0.15, 0.2) is 24.5 Å². The Morgan fingerprint density at radius 1 is 1.88 bits per heavy atom. The van der Waals surface area contributed by atoms with Gasteiger partial charge < -0.3 is 4.74 Å². The standard InChI is InChI=1S/C6H7NO/c1-3-4-6(2)8-5-7/h3-4H,1H2,2H3/b6-4+. The number of nitrogens with zero attached hydrogens (tertiary/aromatic N) is 1. The molecule has 0 amide bonds. The molecule has 0 N–H and O–H groups in total. The van der Waals surface area contributed by atoms with E-state index in [1.165, 1.54) is 6.26 Å². The van der Waals surface area contributed by atoms with Crippen LogP contribution in [-0.4, -0.2) is 0 Å². The molecule has 0 spiro atoms. The number of allylic oxidation sites excluding steroid dienone is 3. The molecular weight excluding hydrogens is 102 g/mol. The van der Waals surface area contributed by atoms with Gasteiger partial charge in [-0.05, 0) is 13.0 Å². The first kappa shape index (κ1) is 6.77. The predicted octanol–water partition coefficient (Wildman–Crippen LogP) is 1.57. The minimum absolute atomic E-state index is 0.558. The highest BCUT2D eigenvalue weighted by Gasteiger charge is 1.80. The number of nitriles is 1. The molecule has 0 aliphatic heterocycles. The van der Waals surface area contributed by atoms with E-state index >= 15 is 0 Å². The SMILES string of the molecule is C=C/C=C(\C)OC#N. The maximum absolute atomic E-state index is 7.92. The molecule has 0 aliphatic carbocycles. The van der Waals surface area contributed by atoms with Gasteiger partial charge in [-0.25, -0.2) is 0 Å². The third kappa shape index (κ3) is 2.98. The van der Waals surface area contributed by atoms with Crippen molar-refractivity contribution in [3.8, 4) is 6.26 Å². The Bertz CT molecular complexity index is 141. The lowest BCUT2D eigenvalue weighted by atomic mass is 10.5. The summed E-state index contributed by atoms with van der Waals surface area (Å²) in [5.41, 5.74) is 0. The van der Waals surface area contributed by atoms with Crippen molar-refractivity contribution in [2.24, 2.45) is 0 Å². The molecule has 2 nitrogen and oxygen atoms in total. The first-order valence-corrected chi connectivity index (χ1v) is 2.16. The topological polar surface area (TPSA) is 33.0 Å². The van der Waals surface area contributed by atoms with Gasteiger partial charge in [-0.3, -0.25) is 0 Å². The summed E-state index contributed by atoms with van der Waals surface area (Å²) in [7, 11) is 0. The van der Waals surface area contributed by atoms with Crippen LogP contribution in [0.1, 0.15) is 6.92 Å². The lowest BCUT2D eigenvalue weighted by Gasteiger charge is -1.87. The maximum atomic E-state index is 7.92. The quantitative estimate of drug-likeness (QED) is 0.306. The van der Waals surface area contributed by atoms with E-state index in [1.54, 1.807) is 19.1 Å². The molecule has 0 saturated heterocycles. The molecule has 0 heterocycles. The van der Waals surface area contributed by atoms with Crippen molar-refractivity contribution < 1.29 is 4.74 Å². The molecule has 0 aliphatic rings. The minimum Gasteiger partial charge on any atom is -0.393 e. The molecule has 0 aromatic carbocycles. The minimum atomic E-state index is 0.558. The van der Waals surface area contributed by atoms with Crippen molar-refractivity contribution in [2.75, 3.05) is 0 Å². The number of ether oxygens (including phenoxy) is 1. The highest BCUT2D eigenvalue weighted by Crippen LogP contribution is 1.91. The number of hydrogen-bond donors (Lipinski definition) is 0. The second kappa shape index (κ2) is 3.94. The molecule has 0 radical (unpaired) electrons. The Balaban J connectivity index is 3.65. The molecular formula is C6H7NO. The van der Waals surface area contributed by atoms with Crippen LogP contribution < -0.4 is 0 Å². The average molecular weight is 109 g/mol. The molecule has 8 heavy (non-hydrogen) atoms. The van der Waals surface area contributed by atoms with Crippen LogP contribution in [0.2, 0.25) is 0 Å². The molecule has 0 fully saturated rings. The molecule has 0 atom stereocenters. The van der Waals surface area contributed by atoms with Gasteiger partial charge in [0.25, 0.3) is 6.26 Å². The Morgan fingerprint density at radius 3 is 2.88 bits per heavy atom. The zero-order chi connectivity index (χ0) is 6.41. The van der Waals surface area contributed by atoms with E-state index in [4.69, 9.17) is 5.26 Å². The van der Waals surface area contributed by atoms with Crippen molar-refractivity contribution in [3.05, 3.63) is 24.5 Å². The lowest BCUT2D eigenvalue weighted by Crippen LogP contribution is -1.74. The molecule has 42 valence electrons. The fourth-order valence-corrected chi connectivity index (χ4v) is 0.272. The molecule has 0 aromatic rings. The van der Waals surface area contributed by atoms with E-state index in [1.807, 2.05) is 0 Å². The third-order valence-corrected chi connectivity index (χ3v) is 0.559. The summed E-state index contributed by atoms with van der Waals surface area (Å²) in [6, 6.07) is 0. The largest absolute Gasteiger partial charge is 0.393 e. The predicted molar refractivity (Wildman–Crippen MR) is 30.7 cm³/mol. The Morgan fingerprint density at radius 2 is 2.50 bits per heavy atom. The number of hydrogen-bond acceptors (Lipinski definition) is 2. The molecule has 2 heteroatoms. The fourth-order valence-electron chi connectivity index (χ4n) is 0.272. The summed E-state index contributed by atoms with van der Waals surface area (Å²) < 4.78 is 4.38. The van der Waals surface area contributed by atoms with Gasteiger partial charge in [-0.2, -0.15) is 0 Å². The zero-order valence-electron chi connectivity index (χ0n) is 4.72. The van der Waals surface area contributed by atoms with Crippen molar-refractivity contribution in [3.63, 3.8) is 0 Å². The summed E-state index contributed by atoms with van der Waals surface area (Å²) in [5.74, 6) is 0.558. The van der Waals surface area contributed by atoms with E-state index < -0.39 is 0 Å². The fraction of sp³-hybridized carbons (Fsp3) is 0.167. The Hall–Kier alpha value is -1.23. The highest BCUT2D eigenvalue weighted by molar-refractivity contribution is 5.02. The van der Waals surface area contributed by atoms with Crippen LogP contribution in [0.4, 0.5) is 0 Å². The Labute approximate surface area is 48.7 Å². The summed E-state index contributed by atoms with van der Waals surface area (Å²) >= 11 is 0. The smallest absolute Gasteiger partial charge is 0.291 e. The van der Waals surface area contributed by atoms with Crippen molar-refractivity contribution in [1.82, 2.24) is 0 Å². The zero-order valence-corrected chi connectivity index (χ0v) is 4.72. The van der Waals surface area contributed by atoms with Gasteiger partial charge >= 0.3 is 0 Å². The summed E-state index contributed by atoms with van der Waals surface area (Å²) in [6.07, 6.45) is 4.71. The maximum Gasteiger partial charge on any atom is 0.291 e. The summed E-state index contributed by atoms with van der Waals surface area (Å²) in [4.78, 5) is 0. The van der Waals surface area contributed by atoms with Crippen LogP contribution >= 0.6 is 0 Å². The van der Waals surface area contributed by atoms with Crippen molar-refractivity contribution >= 4 is 0 Å². The van der Waals surface area contributed by atoms with Gasteiger partial charge in [0.2, 0.25) is 0 Å². The van der Waals surface area contributed by atoms with Gasteiger partial charge in [0.15, 0.2) is 0 Å². The molecule has 0 saturated carbocycles. The van der Waals surface area contributed by atoms with Crippen LogP contribution in [0.5, 0.6) is 0 Å². The lowest BCUT2D eigenvalue weighted by molar-refractivity contribution is 0.377. The third-order valence-electron chi connectivity index (χ3n) is 0.559. The average Bonchev–Trinajstić information content (AvgIpc) is 1.68. The normalized spacial score (nSPS) is 9.75. The van der Waals surface area contributed by atoms with Crippen LogP contribution in [0, 0.1) is 11.5 Å². The number of rotatable bonds is 2. The van der Waals surface area contributed by atoms with E-state index in [2.05, 4.69) is 11.3 Å². The van der Waals surface area contributed by atoms with Crippen LogP contribution in [0.3, 0.4) is 0 Å². The van der Waals surface area contributed by atoms with E-state index in [0.717, 1.165) is 0 Å². The Kier molecular flexibility index (Phi) is 3.34. The van der Waals surface area contributed by atoms with Crippen molar-refractivity contribution in [1.29, 1.82) is 5.26 Å². The highest BCUT2D eigenvalue weighted by atomic mass is 16.5. The molecule has 0 bridgehead atoms. The van der Waals surface area contributed by atoms with Crippen LogP contribution in [-0.2, 0) is 4.74 Å². The van der Waals surface area contributed by atoms with Gasteiger partial charge in [0.05, 0.1) is 0 Å². The first-order chi connectivity index (χ1) is 3.81. The monoisotopic (exact) mass is 109 g/mol. The van der Waals surface area contributed by atoms with E-state index in [9.17, 15) is 0 Å². The van der Waals surface area contributed by atoms with Gasteiger partial charge in [-0.15, -0.1) is 5.26 Å². The first-order valence-electron chi connectivity index (χ1n) is 2.16. The van der Waals surface area contributed by atoms with Crippen LogP contribution in [0.25, 0.3) is 0 Å². The molecule has 0 unspecified atom stereocenters. The van der Waals surface area contributed by atoms with Crippen molar-refractivity contribution in [2.45, 2.75) is 6.92 Å².